The Hall–Kier alpha value is -3.81. The SMILES string of the molecule is CC(C)C[C@@H]1NC(=O)[C@@H](Cc2ccccc2)NC(=O)c2ccc(cc2)CN(S(=O)(=O)N(C)C)CCCCNC(=O)[C@@H](C)NC1=O. The Balaban J connectivity index is 1.95. The molecule has 2 aromatic carbocycles. The first-order valence-corrected chi connectivity index (χ1v) is 16.7. The monoisotopic (exact) mass is 642 g/mol. The minimum atomic E-state index is -3.75. The molecule has 4 rings (SSSR count). The summed E-state index contributed by atoms with van der Waals surface area (Å²) in [6.45, 7) is 6.01. The zero-order valence-electron chi connectivity index (χ0n) is 26.7. The van der Waals surface area contributed by atoms with Crippen LogP contribution in [0.3, 0.4) is 0 Å². The molecule has 2 bridgehead atoms. The van der Waals surface area contributed by atoms with Gasteiger partial charge in [-0.3, -0.25) is 19.2 Å². The van der Waals surface area contributed by atoms with Gasteiger partial charge >= 0.3 is 0 Å². The summed E-state index contributed by atoms with van der Waals surface area (Å²) < 4.78 is 28.6. The van der Waals surface area contributed by atoms with Crippen LogP contribution >= 0.6 is 0 Å². The molecule has 0 aliphatic carbocycles. The van der Waals surface area contributed by atoms with Crippen LogP contribution in [0.2, 0.25) is 0 Å². The molecule has 0 spiro atoms. The highest BCUT2D eigenvalue weighted by atomic mass is 32.2. The molecule has 0 fully saturated rings. The van der Waals surface area contributed by atoms with Crippen LogP contribution in [-0.4, -0.2) is 86.0 Å². The van der Waals surface area contributed by atoms with E-state index in [4.69, 9.17) is 0 Å². The quantitative estimate of drug-likeness (QED) is 0.351. The van der Waals surface area contributed by atoms with Gasteiger partial charge in [0, 0.05) is 45.7 Å². The fraction of sp³-hybridized carbons (Fsp3) is 0.500. The van der Waals surface area contributed by atoms with Crippen LogP contribution in [0.1, 0.15) is 61.5 Å². The summed E-state index contributed by atoms with van der Waals surface area (Å²) in [6, 6.07) is 13.0. The van der Waals surface area contributed by atoms with Crippen molar-refractivity contribution in [3.63, 3.8) is 0 Å². The van der Waals surface area contributed by atoms with Crippen LogP contribution in [0.25, 0.3) is 0 Å². The second-order valence-corrected chi connectivity index (χ2v) is 14.1. The molecule has 3 atom stereocenters. The maximum absolute atomic E-state index is 13.7. The van der Waals surface area contributed by atoms with Gasteiger partial charge in [0.15, 0.2) is 0 Å². The Morgan fingerprint density at radius 3 is 2.11 bits per heavy atom. The van der Waals surface area contributed by atoms with Crippen molar-refractivity contribution < 1.29 is 27.6 Å². The highest BCUT2D eigenvalue weighted by Crippen LogP contribution is 2.15. The molecule has 2 heterocycles. The highest BCUT2D eigenvalue weighted by molar-refractivity contribution is 7.86. The number of carbonyl (C=O) groups excluding carboxylic acids is 4. The second-order valence-electron chi connectivity index (χ2n) is 12.0. The summed E-state index contributed by atoms with van der Waals surface area (Å²) in [5.41, 5.74) is 1.80. The molecule has 246 valence electrons. The fourth-order valence-corrected chi connectivity index (χ4v) is 6.04. The van der Waals surface area contributed by atoms with Crippen molar-refractivity contribution in [2.24, 2.45) is 5.92 Å². The maximum atomic E-state index is 13.7. The van der Waals surface area contributed by atoms with E-state index in [2.05, 4.69) is 21.3 Å². The lowest BCUT2D eigenvalue weighted by atomic mass is 10.0. The van der Waals surface area contributed by atoms with Gasteiger partial charge in [-0.15, -0.1) is 0 Å². The van der Waals surface area contributed by atoms with E-state index in [0.29, 0.717) is 36.9 Å². The number of nitrogens with zero attached hydrogens (tertiary/aromatic N) is 2. The second kappa shape index (κ2) is 16.5. The van der Waals surface area contributed by atoms with Crippen molar-refractivity contribution in [2.45, 2.75) is 71.1 Å². The molecule has 13 heteroatoms. The summed E-state index contributed by atoms with van der Waals surface area (Å²) in [7, 11) is -0.820. The van der Waals surface area contributed by atoms with E-state index in [1.165, 1.54) is 18.4 Å². The first-order valence-electron chi connectivity index (χ1n) is 15.3. The van der Waals surface area contributed by atoms with Gasteiger partial charge in [0.2, 0.25) is 17.7 Å². The zero-order valence-corrected chi connectivity index (χ0v) is 27.5. The van der Waals surface area contributed by atoms with E-state index >= 15 is 0 Å². The zero-order chi connectivity index (χ0) is 33.1. The van der Waals surface area contributed by atoms with Gasteiger partial charge in [0.1, 0.15) is 18.1 Å². The summed E-state index contributed by atoms with van der Waals surface area (Å²) in [5, 5.41) is 11.1. The highest BCUT2D eigenvalue weighted by Gasteiger charge is 2.30. The summed E-state index contributed by atoms with van der Waals surface area (Å²) >= 11 is 0. The maximum Gasteiger partial charge on any atom is 0.281 e. The Labute approximate surface area is 266 Å². The van der Waals surface area contributed by atoms with E-state index in [1.54, 1.807) is 31.2 Å². The van der Waals surface area contributed by atoms with Gasteiger partial charge in [0.05, 0.1) is 0 Å². The number of hydrogen-bond acceptors (Lipinski definition) is 6. The number of fused-ring (bicyclic) bond motifs is 18. The molecule has 45 heavy (non-hydrogen) atoms. The van der Waals surface area contributed by atoms with E-state index in [9.17, 15) is 27.6 Å². The molecule has 4 N–H and O–H groups in total. The van der Waals surface area contributed by atoms with Crippen LogP contribution < -0.4 is 21.3 Å². The predicted molar refractivity (Wildman–Crippen MR) is 172 cm³/mol. The molecule has 0 aromatic heterocycles. The third-order valence-corrected chi connectivity index (χ3v) is 9.38. The number of rotatable bonds is 6. The van der Waals surface area contributed by atoms with Crippen LogP contribution in [0.4, 0.5) is 0 Å². The van der Waals surface area contributed by atoms with Gasteiger partial charge in [-0.2, -0.15) is 17.0 Å². The molecule has 2 aliphatic heterocycles. The van der Waals surface area contributed by atoms with Gasteiger partial charge in [0.25, 0.3) is 16.1 Å². The molecule has 0 radical (unpaired) electrons. The van der Waals surface area contributed by atoms with Crippen LogP contribution in [-0.2, 0) is 37.6 Å². The van der Waals surface area contributed by atoms with Crippen LogP contribution in [0.15, 0.2) is 54.6 Å². The van der Waals surface area contributed by atoms with Crippen LogP contribution in [0, 0.1) is 5.92 Å². The Kier molecular flexibility index (Phi) is 13.1. The minimum Gasteiger partial charge on any atom is -0.354 e. The molecule has 4 amide bonds. The smallest absolute Gasteiger partial charge is 0.281 e. The predicted octanol–water partition coefficient (Wildman–Crippen LogP) is 1.58. The number of carbonyl (C=O) groups is 4. The number of amides is 4. The molecule has 2 aromatic rings. The molecule has 0 saturated heterocycles. The van der Waals surface area contributed by atoms with E-state index < -0.39 is 52.0 Å². The van der Waals surface area contributed by atoms with Gasteiger partial charge in [-0.05, 0) is 55.4 Å². The molecular weight excluding hydrogens is 596 g/mol. The lowest BCUT2D eigenvalue weighted by Gasteiger charge is -2.25. The number of nitrogens with one attached hydrogen (secondary N) is 4. The summed E-state index contributed by atoms with van der Waals surface area (Å²) in [4.78, 5) is 53.1. The van der Waals surface area contributed by atoms with Crippen molar-refractivity contribution in [2.75, 3.05) is 27.2 Å². The van der Waals surface area contributed by atoms with Crippen molar-refractivity contribution in [3.8, 4) is 0 Å². The van der Waals surface area contributed by atoms with Crippen LogP contribution in [0.5, 0.6) is 0 Å². The third-order valence-electron chi connectivity index (χ3n) is 7.49. The Morgan fingerprint density at radius 2 is 1.49 bits per heavy atom. The summed E-state index contributed by atoms with van der Waals surface area (Å²) in [6.07, 6.45) is 1.51. The van der Waals surface area contributed by atoms with E-state index in [1.807, 2.05) is 44.2 Å². The molecule has 0 unspecified atom stereocenters. The van der Waals surface area contributed by atoms with Gasteiger partial charge < -0.3 is 21.3 Å². The molecule has 0 saturated carbocycles. The lowest BCUT2D eigenvalue weighted by molar-refractivity contribution is -0.132. The third kappa shape index (κ3) is 10.6. The fourth-order valence-electron chi connectivity index (χ4n) is 4.91. The minimum absolute atomic E-state index is 0.0521. The number of benzene rings is 2. The van der Waals surface area contributed by atoms with Crippen molar-refractivity contribution >= 4 is 33.8 Å². The molecule has 12 nitrogen and oxygen atoms in total. The standard InChI is InChI=1S/C32H46N6O6S/c1-22(2)19-27-31(41)34-23(3)29(39)33-17-9-10-18-38(45(43,44)37(4)5)21-25-13-15-26(16-14-25)30(40)35-28(32(42)36-27)20-24-11-7-6-8-12-24/h6-8,11-16,22-23,27-28H,9-10,17-21H2,1-5H3,(H,33,39)(H,34,41)(H,35,40)(H,36,42)/t23-,27+,28-/m1/s1. The lowest BCUT2D eigenvalue weighted by Crippen LogP contribution is -2.57. The van der Waals surface area contributed by atoms with Gasteiger partial charge in [-0.1, -0.05) is 56.3 Å². The first-order chi connectivity index (χ1) is 21.3. The largest absolute Gasteiger partial charge is 0.354 e. The van der Waals surface area contributed by atoms with Crippen molar-refractivity contribution in [1.29, 1.82) is 0 Å². The van der Waals surface area contributed by atoms with Crippen molar-refractivity contribution in [3.05, 3.63) is 71.3 Å². The van der Waals surface area contributed by atoms with E-state index in [-0.39, 0.29) is 25.4 Å². The first kappa shape index (κ1) is 35.7. The summed E-state index contributed by atoms with van der Waals surface area (Å²) in [5.74, 6) is -1.86. The topological polar surface area (TPSA) is 157 Å². The number of hydrogen-bond donors (Lipinski definition) is 4. The van der Waals surface area contributed by atoms with Gasteiger partial charge in [-0.25, -0.2) is 0 Å². The molecular formula is C32H46N6O6S. The average molecular weight is 643 g/mol. The average Bonchev–Trinajstić information content (AvgIpc) is 2.99. The van der Waals surface area contributed by atoms with E-state index in [0.717, 1.165) is 9.87 Å². The molecule has 2 aliphatic rings. The Morgan fingerprint density at radius 1 is 0.844 bits per heavy atom. The normalized spacial score (nSPS) is 21.9. The Bertz CT molecular complexity index is 1420. The van der Waals surface area contributed by atoms with Crippen molar-refractivity contribution in [1.82, 2.24) is 29.9 Å².